The minimum atomic E-state index is -1.44. The molecule has 188 valence electrons. The first kappa shape index (κ1) is 27.8. The van der Waals surface area contributed by atoms with Gasteiger partial charge in [-0.05, 0) is 56.2 Å². The molecular weight excluding hydrogens is 420 g/mol. The Morgan fingerprint density at radius 3 is 2.21 bits per heavy atom. The largest absolute Gasteiger partial charge is 0.462 e. The van der Waals surface area contributed by atoms with Gasteiger partial charge in [0.15, 0.2) is 0 Å². The van der Waals surface area contributed by atoms with E-state index in [0.29, 0.717) is 5.75 Å². The Hall–Kier alpha value is -1.44. The topological polar surface area (TPSA) is 99.4 Å². The molecule has 1 heterocycles. The molecule has 0 aromatic heterocycles. The Balaban J connectivity index is 1.62. The fourth-order valence-corrected chi connectivity index (χ4v) is 4.12. The average Bonchev–Trinajstić information content (AvgIpc) is 2.82. The van der Waals surface area contributed by atoms with Gasteiger partial charge in [-0.1, -0.05) is 69.7 Å². The summed E-state index contributed by atoms with van der Waals surface area (Å²) in [6.07, 6.45) is 13.1. The number of hydrogen-bond acceptors (Lipinski definition) is 6. The normalized spacial score (nSPS) is 25.5. The van der Waals surface area contributed by atoms with Gasteiger partial charge in [-0.3, -0.25) is 0 Å². The van der Waals surface area contributed by atoms with Crippen molar-refractivity contribution >= 4 is 0 Å². The second kappa shape index (κ2) is 16.2. The quantitative estimate of drug-likeness (QED) is 0.215. The van der Waals surface area contributed by atoms with Gasteiger partial charge < -0.3 is 29.9 Å². The van der Waals surface area contributed by atoms with E-state index in [1.54, 1.807) is 6.07 Å². The van der Waals surface area contributed by atoms with Crippen molar-refractivity contribution in [3.8, 4) is 5.75 Å². The van der Waals surface area contributed by atoms with E-state index in [0.717, 1.165) is 18.4 Å². The van der Waals surface area contributed by atoms with Crippen molar-refractivity contribution in [3.63, 3.8) is 0 Å². The van der Waals surface area contributed by atoms with Crippen molar-refractivity contribution in [1.82, 2.24) is 0 Å². The van der Waals surface area contributed by atoms with Crippen LogP contribution in [-0.2, 0) is 11.2 Å². The lowest BCUT2D eigenvalue weighted by atomic mass is 9.99. The molecule has 0 amide bonds. The van der Waals surface area contributed by atoms with Crippen molar-refractivity contribution in [2.45, 2.75) is 115 Å². The van der Waals surface area contributed by atoms with Gasteiger partial charge in [0.25, 0.3) is 0 Å². The summed E-state index contributed by atoms with van der Waals surface area (Å²) in [5, 5.41) is 39.2. The van der Waals surface area contributed by atoms with E-state index in [1.165, 1.54) is 64.2 Å². The smallest absolute Gasteiger partial charge is 0.229 e. The van der Waals surface area contributed by atoms with Gasteiger partial charge in [0.1, 0.15) is 30.2 Å². The summed E-state index contributed by atoms with van der Waals surface area (Å²) in [5.74, 6) is 0.526. The molecule has 33 heavy (non-hydrogen) atoms. The van der Waals surface area contributed by atoms with Gasteiger partial charge in [0.05, 0.1) is 6.61 Å². The standard InChI is InChI=1S/C27H44O6/c1-2-3-4-5-6-7-8-9-10-11-12-13-14-16-21-17-15-18-22(19-21)32-27-26(31)25(30)24(29)23(20-28)33-27/h7-8,15,17-19,23-31H,2-6,9-14,16,20H2,1H3/b8-7-/t23?,24-,25-,26?,27+/m0/s1. The minimum absolute atomic E-state index is 0.472. The van der Waals surface area contributed by atoms with Gasteiger partial charge in [-0.15, -0.1) is 0 Å². The van der Waals surface area contributed by atoms with E-state index < -0.39 is 37.3 Å². The number of aliphatic hydroxyl groups is 4. The first-order chi connectivity index (χ1) is 16.1. The summed E-state index contributed by atoms with van der Waals surface area (Å²) in [6, 6.07) is 7.61. The number of ether oxygens (including phenoxy) is 2. The fraction of sp³-hybridized carbons (Fsp3) is 0.704. The van der Waals surface area contributed by atoms with E-state index >= 15 is 0 Å². The molecule has 6 heteroatoms. The highest BCUT2D eigenvalue weighted by Gasteiger charge is 2.44. The number of hydrogen-bond donors (Lipinski definition) is 4. The van der Waals surface area contributed by atoms with Crippen molar-refractivity contribution in [1.29, 1.82) is 0 Å². The third kappa shape index (κ3) is 10.1. The van der Waals surface area contributed by atoms with Crippen molar-refractivity contribution in [3.05, 3.63) is 42.0 Å². The number of benzene rings is 1. The molecule has 0 spiro atoms. The van der Waals surface area contributed by atoms with Crippen LogP contribution in [0.3, 0.4) is 0 Å². The predicted molar refractivity (Wildman–Crippen MR) is 130 cm³/mol. The van der Waals surface area contributed by atoms with Crippen LogP contribution >= 0.6 is 0 Å². The maximum absolute atomic E-state index is 10.1. The van der Waals surface area contributed by atoms with E-state index in [9.17, 15) is 20.4 Å². The highest BCUT2D eigenvalue weighted by atomic mass is 16.7. The number of rotatable bonds is 16. The van der Waals surface area contributed by atoms with Crippen LogP contribution in [0.2, 0.25) is 0 Å². The third-order valence-corrected chi connectivity index (χ3v) is 6.23. The molecule has 1 saturated heterocycles. The summed E-state index contributed by atoms with van der Waals surface area (Å²) in [6.45, 7) is 1.77. The lowest BCUT2D eigenvalue weighted by Gasteiger charge is -2.39. The molecule has 0 bridgehead atoms. The van der Waals surface area contributed by atoms with Gasteiger partial charge >= 0.3 is 0 Å². The van der Waals surface area contributed by atoms with Gasteiger partial charge in [0, 0.05) is 0 Å². The van der Waals surface area contributed by atoms with E-state index in [1.807, 2.05) is 18.2 Å². The molecule has 1 aromatic carbocycles. The number of allylic oxidation sites excluding steroid dienone is 2. The molecule has 0 radical (unpaired) electrons. The molecule has 0 saturated carbocycles. The fourth-order valence-electron chi connectivity index (χ4n) is 4.12. The lowest BCUT2D eigenvalue weighted by molar-refractivity contribution is -0.277. The van der Waals surface area contributed by atoms with Gasteiger partial charge in [-0.2, -0.15) is 0 Å². The molecule has 1 aliphatic heterocycles. The second-order valence-corrected chi connectivity index (χ2v) is 9.09. The highest BCUT2D eigenvalue weighted by Crippen LogP contribution is 2.25. The molecule has 1 aromatic rings. The van der Waals surface area contributed by atoms with Crippen LogP contribution in [0.5, 0.6) is 5.75 Å². The van der Waals surface area contributed by atoms with E-state index in [4.69, 9.17) is 9.47 Å². The van der Waals surface area contributed by atoms with Crippen LogP contribution < -0.4 is 4.74 Å². The molecule has 0 aliphatic carbocycles. The lowest BCUT2D eigenvalue weighted by Crippen LogP contribution is -2.60. The summed E-state index contributed by atoms with van der Waals surface area (Å²) in [7, 11) is 0. The molecule has 5 atom stereocenters. The maximum Gasteiger partial charge on any atom is 0.229 e. The predicted octanol–water partition coefficient (Wildman–Crippen LogP) is 4.28. The summed E-state index contributed by atoms with van der Waals surface area (Å²) in [4.78, 5) is 0. The van der Waals surface area contributed by atoms with Crippen LogP contribution in [0.1, 0.15) is 83.1 Å². The zero-order valence-corrected chi connectivity index (χ0v) is 20.1. The zero-order valence-electron chi connectivity index (χ0n) is 20.1. The van der Waals surface area contributed by atoms with Crippen LogP contribution in [0.25, 0.3) is 0 Å². The zero-order chi connectivity index (χ0) is 23.9. The summed E-state index contributed by atoms with van der Waals surface area (Å²) < 4.78 is 11.1. The summed E-state index contributed by atoms with van der Waals surface area (Å²) in [5.41, 5.74) is 1.14. The Kier molecular flexibility index (Phi) is 13.7. The molecule has 1 fully saturated rings. The van der Waals surface area contributed by atoms with E-state index in [2.05, 4.69) is 19.1 Å². The number of unbranched alkanes of at least 4 members (excludes halogenated alkanes) is 9. The van der Waals surface area contributed by atoms with Crippen LogP contribution in [-0.4, -0.2) is 57.7 Å². The van der Waals surface area contributed by atoms with Crippen molar-refractivity contribution in [2.24, 2.45) is 0 Å². The third-order valence-electron chi connectivity index (χ3n) is 6.23. The van der Waals surface area contributed by atoms with Crippen LogP contribution in [0.15, 0.2) is 36.4 Å². The SMILES string of the molecule is CCCCCC/C=C\CCCCCCCc1cccc(O[C@@H]2OC(CO)[C@H](O)[C@H](O)C2O)c1. The second-order valence-electron chi connectivity index (χ2n) is 9.09. The monoisotopic (exact) mass is 464 g/mol. The molecular formula is C27H44O6. The Morgan fingerprint density at radius 2 is 1.52 bits per heavy atom. The Labute approximate surface area is 199 Å². The van der Waals surface area contributed by atoms with Crippen molar-refractivity contribution < 1.29 is 29.9 Å². The molecule has 1 aliphatic rings. The number of aliphatic hydroxyl groups excluding tert-OH is 4. The van der Waals surface area contributed by atoms with Crippen molar-refractivity contribution in [2.75, 3.05) is 6.61 Å². The van der Waals surface area contributed by atoms with Crippen LogP contribution in [0.4, 0.5) is 0 Å². The Morgan fingerprint density at radius 1 is 0.848 bits per heavy atom. The average molecular weight is 465 g/mol. The number of aryl methyl sites for hydroxylation is 1. The minimum Gasteiger partial charge on any atom is -0.462 e. The Bertz CT molecular complexity index is 662. The molecule has 2 rings (SSSR count). The maximum atomic E-state index is 10.1. The molecule has 6 nitrogen and oxygen atoms in total. The van der Waals surface area contributed by atoms with Crippen LogP contribution in [0, 0.1) is 0 Å². The summed E-state index contributed by atoms with van der Waals surface area (Å²) >= 11 is 0. The molecule has 2 unspecified atom stereocenters. The van der Waals surface area contributed by atoms with Gasteiger partial charge in [-0.25, -0.2) is 0 Å². The first-order valence-corrected chi connectivity index (χ1v) is 12.8. The highest BCUT2D eigenvalue weighted by molar-refractivity contribution is 5.28. The van der Waals surface area contributed by atoms with Gasteiger partial charge in [0.2, 0.25) is 6.29 Å². The first-order valence-electron chi connectivity index (χ1n) is 12.8. The molecule has 4 N–H and O–H groups in total. The van der Waals surface area contributed by atoms with E-state index in [-0.39, 0.29) is 0 Å².